The molecule has 0 atom stereocenters. The molecule has 2 rings (SSSR count). The van der Waals surface area contributed by atoms with Gasteiger partial charge in [0, 0.05) is 5.38 Å². The van der Waals surface area contributed by atoms with Crippen molar-refractivity contribution < 1.29 is 18.3 Å². The van der Waals surface area contributed by atoms with Gasteiger partial charge in [0.25, 0.3) is 0 Å². The highest BCUT2D eigenvalue weighted by Gasteiger charge is 2.42. The second-order valence-electron chi connectivity index (χ2n) is 3.68. The van der Waals surface area contributed by atoms with Crippen molar-refractivity contribution >= 4 is 22.4 Å². The van der Waals surface area contributed by atoms with Crippen molar-refractivity contribution in [3.8, 4) is 5.75 Å². The van der Waals surface area contributed by atoms with Gasteiger partial charge in [-0.1, -0.05) is 18.2 Å². The summed E-state index contributed by atoms with van der Waals surface area (Å²) >= 11 is 1.07. The smallest absolute Gasteiger partial charge is 0.425 e. The molecular formula is C12H10F2N2O2S. The fourth-order valence-electron chi connectivity index (χ4n) is 1.26. The zero-order valence-electron chi connectivity index (χ0n) is 9.89. The minimum absolute atomic E-state index is 0.0852. The number of ether oxygens (including phenoxy) is 1. The molecule has 1 amide bonds. The van der Waals surface area contributed by atoms with E-state index in [1.807, 2.05) is 5.32 Å². The van der Waals surface area contributed by atoms with Crippen LogP contribution in [0.2, 0.25) is 0 Å². The van der Waals surface area contributed by atoms with Crippen LogP contribution in [0.5, 0.6) is 5.75 Å². The first-order valence-corrected chi connectivity index (χ1v) is 6.21. The molecule has 100 valence electrons. The van der Waals surface area contributed by atoms with E-state index in [9.17, 15) is 13.6 Å². The Kier molecular flexibility index (Phi) is 3.75. The second-order valence-corrected chi connectivity index (χ2v) is 4.54. The number of carbonyl (C=O) groups is 1. The van der Waals surface area contributed by atoms with E-state index in [1.54, 1.807) is 18.4 Å². The van der Waals surface area contributed by atoms with Crippen LogP contribution in [-0.4, -0.2) is 17.0 Å². The number of aromatic nitrogens is 1. The SMILES string of the molecule is Cc1csc(NC(=O)C(F)(F)Oc2ccccc2)n1. The Morgan fingerprint density at radius 1 is 1.37 bits per heavy atom. The van der Waals surface area contributed by atoms with Crippen LogP contribution >= 0.6 is 11.3 Å². The van der Waals surface area contributed by atoms with Gasteiger partial charge in [-0.25, -0.2) is 4.98 Å². The van der Waals surface area contributed by atoms with Gasteiger partial charge in [0.2, 0.25) is 0 Å². The first-order chi connectivity index (χ1) is 8.97. The minimum Gasteiger partial charge on any atom is -0.425 e. The summed E-state index contributed by atoms with van der Waals surface area (Å²) in [4.78, 5) is 15.3. The van der Waals surface area contributed by atoms with Crippen molar-refractivity contribution in [1.29, 1.82) is 0 Å². The quantitative estimate of drug-likeness (QED) is 0.938. The number of nitrogens with one attached hydrogen (secondary N) is 1. The Morgan fingerprint density at radius 2 is 2.05 bits per heavy atom. The van der Waals surface area contributed by atoms with Gasteiger partial charge in [0.05, 0.1) is 5.69 Å². The molecule has 0 aliphatic carbocycles. The first-order valence-electron chi connectivity index (χ1n) is 5.33. The summed E-state index contributed by atoms with van der Waals surface area (Å²) in [5.41, 5.74) is 0.646. The minimum atomic E-state index is -3.96. The number of anilines is 1. The molecule has 0 radical (unpaired) electrons. The predicted octanol–water partition coefficient (Wildman–Crippen LogP) is 3.06. The van der Waals surface area contributed by atoms with Gasteiger partial charge < -0.3 is 4.74 Å². The third kappa shape index (κ3) is 3.47. The number of nitrogens with zero attached hydrogens (tertiary/aromatic N) is 1. The van der Waals surface area contributed by atoms with Gasteiger partial charge in [0.15, 0.2) is 5.13 Å². The second kappa shape index (κ2) is 5.31. The number of amides is 1. The van der Waals surface area contributed by atoms with E-state index >= 15 is 0 Å². The molecule has 4 nitrogen and oxygen atoms in total. The molecule has 0 saturated heterocycles. The number of alkyl halides is 2. The normalized spacial score (nSPS) is 11.1. The molecule has 0 aliphatic heterocycles. The monoisotopic (exact) mass is 284 g/mol. The first kappa shape index (κ1) is 13.4. The summed E-state index contributed by atoms with van der Waals surface area (Å²) in [5.74, 6) is -1.64. The summed E-state index contributed by atoms with van der Waals surface area (Å²) in [5, 5.41) is 3.77. The fraction of sp³-hybridized carbons (Fsp3) is 0.167. The lowest BCUT2D eigenvalue weighted by Gasteiger charge is -2.16. The van der Waals surface area contributed by atoms with Crippen molar-refractivity contribution in [2.24, 2.45) is 0 Å². The number of hydrogen-bond donors (Lipinski definition) is 1. The Morgan fingerprint density at radius 3 is 2.63 bits per heavy atom. The lowest BCUT2D eigenvalue weighted by atomic mass is 10.3. The number of aryl methyl sites for hydroxylation is 1. The van der Waals surface area contributed by atoms with Crippen LogP contribution in [0.1, 0.15) is 5.69 Å². The lowest BCUT2D eigenvalue weighted by Crippen LogP contribution is -2.39. The molecule has 1 N–H and O–H groups in total. The molecule has 0 unspecified atom stereocenters. The molecule has 1 heterocycles. The van der Waals surface area contributed by atoms with Crippen LogP contribution in [0.4, 0.5) is 13.9 Å². The summed E-state index contributed by atoms with van der Waals surface area (Å²) in [6, 6.07) is 7.41. The number of halogens is 2. The van der Waals surface area contributed by atoms with Crippen molar-refractivity contribution in [3.05, 3.63) is 41.4 Å². The average Bonchev–Trinajstić information content (AvgIpc) is 2.75. The highest BCUT2D eigenvalue weighted by Crippen LogP contribution is 2.24. The molecule has 2 aromatic rings. The van der Waals surface area contributed by atoms with Crippen LogP contribution in [0.15, 0.2) is 35.7 Å². The maximum absolute atomic E-state index is 13.5. The molecule has 0 aliphatic rings. The van der Waals surface area contributed by atoms with Crippen molar-refractivity contribution in [2.75, 3.05) is 5.32 Å². The standard InChI is InChI=1S/C12H10F2N2O2S/c1-8-7-19-11(15-8)16-10(17)12(13,14)18-9-5-3-2-4-6-9/h2-7H,1H3,(H,15,16,17). The fourth-order valence-corrected chi connectivity index (χ4v) is 1.95. The molecule has 1 aromatic carbocycles. The Hall–Kier alpha value is -2.02. The number of para-hydroxylation sites is 1. The maximum atomic E-state index is 13.5. The molecule has 19 heavy (non-hydrogen) atoms. The zero-order valence-corrected chi connectivity index (χ0v) is 10.7. The third-order valence-electron chi connectivity index (χ3n) is 2.09. The van der Waals surface area contributed by atoms with Crippen molar-refractivity contribution in [1.82, 2.24) is 4.98 Å². The number of carbonyl (C=O) groups excluding carboxylic acids is 1. The van der Waals surface area contributed by atoms with Crippen LogP contribution in [0.25, 0.3) is 0 Å². The van der Waals surface area contributed by atoms with E-state index in [2.05, 4.69) is 9.72 Å². The van der Waals surface area contributed by atoms with Crippen LogP contribution in [0, 0.1) is 6.92 Å². The summed E-state index contributed by atoms with van der Waals surface area (Å²) < 4.78 is 31.5. The molecular weight excluding hydrogens is 274 g/mol. The number of benzene rings is 1. The van der Waals surface area contributed by atoms with Gasteiger partial charge in [-0.05, 0) is 19.1 Å². The summed E-state index contributed by atoms with van der Waals surface area (Å²) in [6.07, 6.45) is -3.96. The number of hydrogen-bond acceptors (Lipinski definition) is 4. The van der Waals surface area contributed by atoms with Crippen molar-refractivity contribution in [3.63, 3.8) is 0 Å². The molecule has 0 fully saturated rings. The Labute approximate surface area is 112 Å². The van der Waals surface area contributed by atoms with Gasteiger partial charge in [-0.2, -0.15) is 8.78 Å². The third-order valence-corrected chi connectivity index (χ3v) is 2.97. The molecule has 0 saturated carbocycles. The molecule has 1 aromatic heterocycles. The molecule has 0 spiro atoms. The van der Waals surface area contributed by atoms with E-state index in [0.29, 0.717) is 5.69 Å². The van der Waals surface area contributed by atoms with Crippen LogP contribution in [-0.2, 0) is 4.79 Å². The van der Waals surface area contributed by atoms with Crippen LogP contribution in [0.3, 0.4) is 0 Å². The van der Waals surface area contributed by atoms with E-state index in [4.69, 9.17) is 0 Å². The molecule has 7 heteroatoms. The van der Waals surface area contributed by atoms with Gasteiger partial charge in [-0.15, -0.1) is 11.3 Å². The van der Waals surface area contributed by atoms with E-state index in [-0.39, 0.29) is 10.9 Å². The van der Waals surface area contributed by atoms with E-state index in [0.717, 1.165) is 11.3 Å². The van der Waals surface area contributed by atoms with E-state index < -0.39 is 12.0 Å². The average molecular weight is 284 g/mol. The lowest BCUT2D eigenvalue weighted by molar-refractivity contribution is -0.187. The molecule has 0 bridgehead atoms. The number of thiazole rings is 1. The van der Waals surface area contributed by atoms with Gasteiger partial charge in [0.1, 0.15) is 5.75 Å². The largest absolute Gasteiger partial charge is 0.482 e. The van der Waals surface area contributed by atoms with Gasteiger partial charge >= 0.3 is 12.0 Å². The van der Waals surface area contributed by atoms with Crippen molar-refractivity contribution in [2.45, 2.75) is 13.0 Å². The summed E-state index contributed by atoms with van der Waals surface area (Å²) in [7, 11) is 0. The Balaban J connectivity index is 2.04. The van der Waals surface area contributed by atoms with Crippen LogP contribution < -0.4 is 10.1 Å². The van der Waals surface area contributed by atoms with Gasteiger partial charge in [-0.3, -0.25) is 10.1 Å². The summed E-state index contributed by atoms with van der Waals surface area (Å²) in [6.45, 7) is 1.70. The number of rotatable bonds is 4. The van der Waals surface area contributed by atoms with E-state index in [1.165, 1.54) is 24.3 Å². The highest BCUT2D eigenvalue weighted by molar-refractivity contribution is 7.13. The predicted molar refractivity (Wildman–Crippen MR) is 67.5 cm³/mol. The topological polar surface area (TPSA) is 51.2 Å². The highest BCUT2D eigenvalue weighted by atomic mass is 32.1. The maximum Gasteiger partial charge on any atom is 0.482 e. The zero-order chi connectivity index (χ0) is 13.9. The Bertz CT molecular complexity index is 572.